The summed E-state index contributed by atoms with van der Waals surface area (Å²) in [5.41, 5.74) is 0.983. The Kier molecular flexibility index (Phi) is 4.66. The van der Waals surface area contributed by atoms with Crippen LogP contribution in [0.1, 0.15) is 38.7 Å². The Morgan fingerprint density at radius 2 is 2.10 bits per heavy atom. The van der Waals surface area contributed by atoms with E-state index in [1.165, 1.54) is 6.07 Å². The number of nitrogens with zero attached hydrogens (tertiary/aromatic N) is 2. The monoisotopic (exact) mass is 354 g/mol. The van der Waals surface area contributed by atoms with Gasteiger partial charge in [0, 0.05) is 25.6 Å². The summed E-state index contributed by atoms with van der Waals surface area (Å²) in [6, 6.07) is 4.94. The molecule has 1 aliphatic heterocycles. The fourth-order valence-electron chi connectivity index (χ4n) is 2.49. The number of hydrogen-bond donors (Lipinski definition) is 0. The van der Waals surface area contributed by atoms with Crippen molar-refractivity contribution in [1.82, 2.24) is 4.90 Å². The normalized spacial score (nSPS) is 18.4. The van der Waals surface area contributed by atoms with E-state index in [1.807, 2.05) is 6.07 Å². The van der Waals surface area contributed by atoms with E-state index in [9.17, 15) is 14.9 Å². The lowest BCUT2D eigenvalue weighted by atomic mass is 9.85. The van der Waals surface area contributed by atoms with Crippen LogP contribution >= 0.6 is 15.9 Å². The van der Waals surface area contributed by atoms with Crippen LogP contribution in [0.2, 0.25) is 0 Å². The number of hydrogen-bond acceptors (Lipinski definition) is 3. The van der Waals surface area contributed by atoms with Crippen LogP contribution in [0.15, 0.2) is 22.7 Å². The molecule has 114 valence electrons. The predicted molar refractivity (Wildman–Crippen MR) is 83.8 cm³/mol. The molecule has 1 saturated heterocycles. The fourth-order valence-corrected chi connectivity index (χ4v) is 3.03. The van der Waals surface area contributed by atoms with E-state index in [2.05, 4.69) is 29.8 Å². The highest BCUT2D eigenvalue weighted by Crippen LogP contribution is 2.33. The molecule has 0 aliphatic carbocycles. The topological polar surface area (TPSA) is 63.5 Å². The van der Waals surface area contributed by atoms with Gasteiger partial charge in [0.05, 0.1) is 4.92 Å². The third-order valence-electron chi connectivity index (χ3n) is 4.04. The summed E-state index contributed by atoms with van der Waals surface area (Å²) in [7, 11) is 0. The van der Waals surface area contributed by atoms with Gasteiger partial charge in [-0.3, -0.25) is 14.9 Å². The Morgan fingerprint density at radius 1 is 1.38 bits per heavy atom. The van der Waals surface area contributed by atoms with Gasteiger partial charge in [0.25, 0.3) is 5.69 Å². The maximum atomic E-state index is 12.2. The van der Waals surface area contributed by atoms with Gasteiger partial charge in [0.2, 0.25) is 5.91 Å². The first kappa shape index (κ1) is 15.9. The molecule has 21 heavy (non-hydrogen) atoms. The van der Waals surface area contributed by atoms with Crippen LogP contribution in [-0.2, 0) is 11.3 Å². The van der Waals surface area contributed by atoms with Crippen LogP contribution in [0.25, 0.3) is 0 Å². The average molecular weight is 355 g/mol. The number of nitro groups is 1. The lowest BCUT2D eigenvalue weighted by molar-refractivity contribution is -0.385. The number of halogens is 1. The average Bonchev–Trinajstić information content (AvgIpc) is 2.53. The number of carbonyl (C=O) groups excluding carboxylic acids is 1. The van der Waals surface area contributed by atoms with Gasteiger partial charge in [-0.25, -0.2) is 0 Å². The minimum atomic E-state index is -0.416. The van der Waals surface area contributed by atoms with Crippen molar-refractivity contribution in [2.24, 2.45) is 5.41 Å². The molecule has 0 spiro atoms. The molecule has 1 heterocycles. The molecule has 0 atom stereocenters. The molecule has 0 N–H and O–H groups in total. The summed E-state index contributed by atoms with van der Waals surface area (Å²) in [5, 5.41) is 11.0. The Hall–Kier alpha value is -1.43. The molecule has 0 unspecified atom stereocenters. The molecule has 0 radical (unpaired) electrons. The largest absolute Gasteiger partial charge is 0.338 e. The summed E-state index contributed by atoms with van der Waals surface area (Å²) < 4.78 is 0.464. The Bertz CT molecular complexity index is 572. The van der Waals surface area contributed by atoms with Crippen molar-refractivity contribution >= 4 is 27.5 Å². The van der Waals surface area contributed by atoms with E-state index in [0.29, 0.717) is 24.0 Å². The molecular weight excluding hydrogens is 336 g/mol. The number of amides is 1. The van der Waals surface area contributed by atoms with E-state index in [1.54, 1.807) is 11.0 Å². The van der Waals surface area contributed by atoms with E-state index in [0.717, 1.165) is 18.4 Å². The standard InChI is InChI=1S/C15H19BrN2O3/c1-15(2)7-6-13(19)17(9-8-15)10-11-4-3-5-12(14(11)16)18(20)21/h3-5H,6-10H2,1-2H3. The highest BCUT2D eigenvalue weighted by atomic mass is 79.9. The summed E-state index contributed by atoms with van der Waals surface area (Å²) in [5.74, 6) is 0.124. The van der Waals surface area contributed by atoms with Gasteiger partial charge in [-0.05, 0) is 39.8 Å². The number of carbonyl (C=O) groups is 1. The van der Waals surface area contributed by atoms with Crippen molar-refractivity contribution < 1.29 is 9.72 Å². The maximum Gasteiger partial charge on any atom is 0.283 e. The van der Waals surface area contributed by atoms with Crippen LogP contribution in [0, 0.1) is 15.5 Å². The first-order valence-electron chi connectivity index (χ1n) is 7.00. The second-order valence-corrected chi connectivity index (χ2v) is 7.03. The van der Waals surface area contributed by atoms with E-state index < -0.39 is 4.92 Å². The zero-order chi connectivity index (χ0) is 15.6. The van der Waals surface area contributed by atoms with E-state index in [-0.39, 0.29) is 17.0 Å². The number of likely N-dealkylation sites (tertiary alicyclic amines) is 1. The summed E-state index contributed by atoms with van der Waals surface area (Å²) >= 11 is 3.29. The van der Waals surface area contributed by atoms with Crippen molar-refractivity contribution in [3.05, 3.63) is 38.3 Å². The van der Waals surface area contributed by atoms with Crippen LogP contribution < -0.4 is 0 Å². The summed E-state index contributed by atoms with van der Waals surface area (Å²) in [6.07, 6.45) is 2.38. The molecule has 1 aromatic carbocycles. The summed E-state index contributed by atoms with van der Waals surface area (Å²) in [4.78, 5) is 24.6. The zero-order valence-electron chi connectivity index (χ0n) is 12.3. The second-order valence-electron chi connectivity index (χ2n) is 6.24. The first-order valence-corrected chi connectivity index (χ1v) is 7.79. The number of benzene rings is 1. The molecular formula is C15H19BrN2O3. The fraction of sp³-hybridized carbons (Fsp3) is 0.533. The SMILES string of the molecule is CC1(C)CCC(=O)N(Cc2cccc([N+](=O)[O-])c2Br)CC1. The highest BCUT2D eigenvalue weighted by Gasteiger charge is 2.28. The van der Waals surface area contributed by atoms with Crippen molar-refractivity contribution in [2.75, 3.05) is 6.54 Å². The van der Waals surface area contributed by atoms with Gasteiger partial charge in [0.1, 0.15) is 4.47 Å². The summed E-state index contributed by atoms with van der Waals surface area (Å²) in [6.45, 7) is 5.46. The maximum absolute atomic E-state index is 12.2. The van der Waals surface area contributed by atoms with Crippen molar-refractivity contribution in [3.8, 4) is 0 Å². The molecule has 1 fully saturated rings. The smallest absolute Gasteiger partial charge is 0.283 e. The predicted octanol–water partition coefficient (Wildman–Crippen LogP) is 3.90. The van der Waals surface area contributed by atoms with Crippen LogP contribution in [0.5, 0.6) is 0 Å². The van der Waals surface area contributed by atoms with Crippen molar-refractivity contribution in [2.45, 2.75) is 39.7 Å². The highest BCUT2D eigenvalue weighted by molar-refractivity contribution is 9.10. The van der Waals surface area contributed by atoms with Crippen LogP contribution in [-0.4, -0.2) is 22.3 Å². The van der Waals surface area contributed by atoms with Gasteiger partial charge >= 0.3 is 0 Å². The Balaban J connectivity index is 2.20. The lowest BCUT2D eigenvalue weighted by Crippen LogP contribution is -2.30. The minimum Gasteiger partial charge on any atom is -0.338 e. The molecule has 1 amide bonds. The van der Waals surface area contributed by atoms with Gasteiger partial charge in [-0.2, -0.15) is 0 Å². The molecule has 1 aliphatic rings. The Labute approximate surface area is 132 Å². The number of rotatable bonds is 3. The third kappa shape index (κ3) is 3.81. The second kappa shape index (κ2) is 6.13. The molecule has 0 saturated carbocycles. The first-order chi connectivity index (χ1) is 9.80. The molecule has 2 rings (SSSR count). The van der Waals surface area contributed by atoms with Crippen molar-refractivity contribution in [1.29, 1.82) is 0 Å². The minimum absolute atomic E-state index is 0.0371. The van der Waals surface area contributed by atoms with Gasteiger partial charge in [-0.15, -0.1) is 0 Å². The van der Waals surface area contributed by atoms with E-state index in [4.69, 9.17) is 0 Å². The third-order valence-corrected chi connectivity index (χ3v) is 4.96. The van der Waals surface area contributed by atoms with Crippen LogP contribution in [0.3, 0.4) is 0 Å². The molecule has 0 aromatic heterocycles. The zero-order valence-corrected chi connectivity index (χ0v) is 13.9. The molecule has 5 nitrogen and oxygen atoms in total. The lowest BCUT2D eigenvalue weighted by Gasteiger charge is -2.23. The molecule has 1 aromatic rings. The van der Waals surface area contributed by atoms with Crippen molar-refractivity contribution in [3.63, 3.8) is 0 Å². The molecule has 6 heteroatoms. The number of nitro benzene ring substituents is 1. The van der Waals surface area contributed by atoms with Gasteiger partial charge < -0.3 is 4.90 Å². The van der Waals surface area contributed by atoms with Gasteiger partial charge in [0.15, 0.2) is 0 Å². The Morgan fingerprint density at radius 3 is 2.76 bits per heavy atom. The van der Waals surface area contributed by atoms with E-state index >= 15 is 0 Å². The van der Waals surface area contributed by atoms with Gasteiger partial charge in [-0.1, -0.05) is 26.0 Å². The van der Waals surface area contributed by atoms with Crippen LogP contribution in [0.4, 0.5) is 5.69 Å². The molecule has 0 bridgehead atoms. The quantitative estimate of drug-likeness (QED) is 0.610.